The number of hydrogen-bond acceptors (Lipinski definition) is 5. The molecule has 0 aliphatic heterocycles. The first-order valence-corrected chi connectivity index (χ1v) is 6.92. The number of aromatic nitrogens is 1. The van der Waals surface area contributed by atoms with Crippen LogP contribution in [0.1, 0.15) is 54.8 Å². The maximum atomic E-state index is 12.2. The van der Waals surface area contributed by atoms with Gasteiger partial charge in [0.05, 0.1) is 12.8 Å². The summed E-state index contributed by atoms with van der Waals surface area (Å²) in [7, 11) is 1.35. The van der Waals surface area contributed by atoms with Crippen molar-refractivity contribution in [1.29, 1.82) is 0 Å². The lowest BCUT2D eigenvalue weighted by Gasteiger charge is -2.30. The second kappa shape index (κ2) is 6.07. The minimum Gasteiger partial charge on any atom is -0.467 e. The first kappa shape index (κ1) is 14.6. The molecule has 1 fully saturated rings. The van der Waals surface area contributed by atoms with Gasteiger partial charge in [0.1, 0.15) is 5.54 Å². The van der Waals surface area contributed by atoms with Crippen molar-refractivity contribution in [3.63, 3.8) is 0 Å². The molecule has 0 aromatic carbocycles. The Kier molecular flexibility index (Phi) is 4.42. The molecular weight excluding hydrogens is 260 g/mol. The van der Waals surface area contributed by atoms with Crippen LogP contribution in [0.4, 0.5) is 0 Å². The standard InChI is InChI=1S/C14H20N2O4/c1-10-9-11(20-16-10)12(17)15-14(13(18)19-2)7-5-3-4-6-8-14/h9H,3-8H2,1-2H3,(H,15,17). The van der Waals surface area contributed by atoms with Gasteiger partial charge in [0.25, 0.3) is 5.91 Å². The van der Waals surface area contributed by atoms with Crippen molar-refractivity contribution in [1.82, 2.24) is 10.5 Å². The van der Waals surface area contributed by atoms with Crippen LogP contribution in [0, 0.1) is 6.92 Å². The van der Waals surface area contributed by atoms with Gasteiger partial charge in [-0.2, -0.15) is 0 Å². The molecule has 0 unspecified atom stereocenters. The summed E-state index contributed by atoms with van der Waals surface area (Å²) in [5.41, 5.74) is -0.314. The second-order valence-electron chi connectivity index (χ2n) is 5.27. The molecule has 1 heterocycles. The van der Waals surface area contributed by atoms with E-state index in [0.29, 0.717) is 18.5 Å². The third-order valence-corrected chi connectivity index (χ3v) is 3.74. The van der Waals surface area contributed by atoms with Crippen molar-refractivity contribution in [2.75, 3.05) is 7.11 Å². The molecule has 1 aliphatic rings. The summed E-state index contributed by atoms with van der Waals surface area (Å²) >= 11 is 0. The number of hydrogen-bond donors (Lipinski definition) is 1. The molecule has 1 amide bonds. The summed E-state index contributed by atoms with van der Waals surface area (Å²) in [5.74, 6) is -0.683. The Bertz CT molecular complexity index is 487. The molecule has 6 nitrogen and oxygen atoms in total. The number of carbonyl (C=O) groups excluding carboxylic acids is 2. The molecule has 6 heteroatoms. The second-order valence-corrected chi connectivity index (χ2v) is 5.27. The summed E-state index contributed by atoms with van der Waals surface area (Å²) < 4.78 is 9.83. The molecule has 2 rings (SSSR count). The van der Waals surface area contributed by atoms with Gasteiger partial charge in [-0.05, 0) is 19.8 Å². The number of nitrogens with zero attached hydrogens (tertiary/aromatic N) is 1. The summed E-state index contributed by atoms with van der Waals surface area (Å²) in [4.78, 5) is 24.3. The molecule has 1 aromatic rings. The molecule has 0 atom stereocenters. The fourth-order valence-electron chi connectivity index (χ4n) is 2.66. The highest BCUT2D eigenvalue weighted by molar-refractivity contribution is 5.96. The largest absolute Gasteiger partial charge is 0.467 e. The summed E-state index contributed by atoms with van der Waals surface area (Å²) in [6.07, 6.45) is 5.11. The molecule has 0 saturated heterocycles. The van der Waals surface area contributed by atoms with Crippen LogP contribution in [0.25, 0.3) is 0 Å². The Hall–Kier alpha value is -1.85. The Morgan fingerprint density at radius 1 is 1.30 bits per heavy atom. The van der Waals surface area contributed by atoms with Crippen LogP contribution in [0.15, 0.2) is 10.6 Å². The molecule has 20 heavy (non-hydrogen) atoms. The van der Waals surface area contributed by atoms with Gasteiger partial charge in [0.15, 0.2) is 0 Å². The predicted octanol–water partition coefficient (Wildman–Crippen LogP) is 1.98. The van der Waals surface area contributed by atoms with Crippen molar-refractivity contribution in [2.24, 2.45) is 0 Å². The molecular formula is C14H20N2O4. The van der Waals surface area contributed by atoms with Crippen LogP contribution in [-0.2, 0) is 9.53 Å². The molecule has 1 saturated carbocycles. The van der Waals surface area contributed by atoms with Gasteiger partial charge >= 0.3 is 5.97 Å². The Morgan fingerprint density at radius 3 is 2.45 bits per heavy atom. The normalized spacial score (nSPS) is 18.1. The van der Waals surface area contributed by atoms with Crippen molar-refractivity contribution >= 4 is 11.9 Å². The third-order valence-electron chi connectivity index (χ3n) is 3.74. The number of esters is 1. The monoisotopic (exact) mass is 280 g/mol. The molecule has 1 aliphatic carbocycles. The van der Waals surface area contributed by atoms with E-state index in [9.17, 15) is 9.59 Å². The molecule has 0 spiro atoms. The van der Waals surface area contributed by atoms with Gasteiger partial charge in [-0.3, -0.25) is 4.79 Å². The zero-order chi connectivity index (χ0) is 14.6. The van der Waals surface area contributed by atoms with Gasteiger partial charge in [-0.1, -0.05) is 30.8 Å². The average molecular weight is 280 g/mol. The van der Waals surface area contributed by atoms with Crippen LogP contribution in [-0.4, -0.2) is 29.7 Å². The first-order valence-electron chi connectivity index (χ1n) is 6.92. The van der Waals surface area contributed by atoms with Crippen molar-refractivity contribution < 1.29 is 18.8 Å². The quantitative estimate of drug-likeness (QED) is 0.676. The number of amides is 1. The number of carbonyl (C=O) groups is 2. The minimum atomic E-state index is -0.941. The fourth-order valence-corrected chi connectivity index (χ4v) is 2.66. The van der Waals surface area contributed by atoms with E-state index in [0.717, 1.165) is 25.7 Å². The highest BCUT2D eigenvalue weighted by Gasteiger charge is 2.41. The van der Waals surface area contributed by atoms with Crippen LogP contribution in [0.3, 0.4) is 0 Å². The van der Waals surface area contributed by atoms with Gasteiger partial charge in [-0.15, -0.1) is 0 Å². The van der Waals surface area contributed by atoms with Crippen molar-refractivity contribution in [3.05, 3.63) is 17.5 Å². The average Bonchev–Trinajstić information content (AvgIpc) is 2.74. The fraction of sp³-hybridized carbons (Fsp3) is 0.643. The maximum Gasteiger partial charge on any atom is 0.331 e. The number of aryl methyl sites for hydroxylation is 1. The smallest absolute Gasteiger partial charge is 0.331 e. The van der Waals surface area contributed by atoms with Crippen molar-refractivity contribution in [2.45, 2.75) is 51.0 Å². The summed E-state index contributed by atoms with van der Waals surface area (Å²) in [6, 6.07) is 1.55. The van der Waals surface area contributed by atoms with E-state index in [-0.39, 0.29) is 11.7 Å². The van der Waals surface area contributed by atoms with E-state index in [2.05, 4.69) is 10.5 Å². The zero-order valence-electron chi connectivity index (χ0n) is 11.9. The van der Waals surface area contributed by atoms with Crippen LogP contribution >= 0.6 is 0 Å². The highest BCUT2D eigenvalue weighted by Crippen LogP contribution is 2.28. The van der Waals surface area contributed by atoms with Crippen LogP contribution < -0.4 is 5.32 Å². The SMILES string of the molecule is COC(=O)C1(NC(=O)c2cc(C)no2)CCCCCC1. The molecule has 0 radical (unpaired) electrons. The Labute approximate surface area is 117 Å². The van der Waals surface area contributed by atoms with Gasteiger partial charge in [0.2, 0.25) is 5.76 Å². The van der Waals surface area contributed by atoms with E-state index in [4.69, 9.17) is 9.26 Å². The minimum absolute atomic E-state index is 0.120. The third kappa shape index (κ3) is 3.00. The van der Waals surface area contributed by atoms with E-state index in [1.807, 2.05) is 0 Å². The number of ether oxygens (including phenoxy) is 1. The summed E-state index contributed by atoms with van der Waals surface area (Å²) in [6.45, 7) is 1.74. The lowest BCUT2D eigenvalue weighted by atomic mass is 9.90. The first-order chi connectivity index (χ1) is 9.57. The molecule has 0 bridgehead atoms. The highest BCUT2D eigenvalue weighted by atomic mass is 16.5. The number of methoxy groups -OCH3 is 1. The molecule has 1 aromatic heterocycles. The van der Waals surface area contributed by atoms with Crippen LogP contribution in [0.2, 0.25) is 0 Å². The number of nitrogens with one attached hydrogen (secondary N) is 1. The van der Waals surface area contributed by atoms with Crippen molar-refractivity contribution in [3.8, 4) is 0 Å². The lowest BCUT2D eigenvalue weighted by Crippen LogP contribution is -2.54. The predicted molar refractivity (Wildman–Crippen MR) is 71.2 cm³/mol. The Balaban J connectivity index is 2.19. The van der Waals surface area contributed by atoms with Crippen LogP contribution in [0.5, 0.6) is 0 Å². The van der Waals surface area contributed by atoms with Gasteiger partial charge < -0.3 is 14.6 Å². The maximum absolute atomic E-state index is 12.2. The topological polar surface area (TPSA) is 81.4 Å². The Morgan fingerprint density at radius 2 is 1.95 bits per heavy atom. The van der Waals surface area contributed by atoms with E-state index in [1.165, 1.54) is 7.11 Å². The lowest BCUT2D eigenvalue weighted by molar-refractivity contribution is -0.148. The molecule has 110 valence electrons. The number of rotatable bonds is 3. The van der Waals surface area contributed by atoms with E-state index >= 15 is 0 Å². The summed E-state index contributed by atoms with van der Waals surface area (Å²) in [5, 5.41) is 6.49. The van der Waals surface area contributed by atoms with Gasteiger partial charge in [-0.25, -0.2) is 4.79 Å². The van der Waals surface area contributed by atoms with E-state index in [1.54, 1.807) is 13.0 Å². The zero-order valence-corrected chi connectivity index (χ0v) is 11.9. The molecule has 1 N–H and O–H groups in total. The van der Waals surface area contributed by atoms with E-state index < -0.39 is 11.4 Å². The van der Waals surface area contributed by atoms with Gasteiger partial charge in [0, 0.05) is 6.07 Å².